The second-order valence-corrected chi connectivity index (χ2v) is 3.05. The fourth-order valence-electron chi connectivity index (χ4n) is 1.29. The molecule has 0 atom stereocenters. The normalized spacial score (nSPS) is 9.69. The van der Waals surface area contributed by atoms with Gasteiger partial charge in [0, 0.05) is 12.2 Å². The number of Topliss-reactive ketones (excluding diaryl/α,β-unsaturated/α-hetero) is 1. The molecule has 0 radical (unpaired) electrons. The third-order valence-electron chi connectivity index (χ3n) is 1.92. The van der Waals surface area contributed by atoms with Crippen LogP contribution in [0.5, 0.6) is 0 Å². The van der Waals surface area contributed by atoms with Crippen molar-refractivity contribution in [1.82, 2.24) is 0 Å². The van der Waals surface area contributed by atoms with Gasteiger partial charge in [-0.3, -0.25) is 4.79 Å². The van der Waals surface area contributed by atoms with E-state index in [1.54, 1.807) is 6.92 Å². The van der Waals surface area contributed by atoms with E-state index in [1.807, 2.05) is 30.3 Å². The summed E-state index contributed by atoms with van der Waals surface area (Å²) in [5.41, 5.74) is 1.11. The number of rotatable bonds is 4. The van der Waals surface area contributed by atoms with Gasteiger partial charge >= 0.3 is 0 Å². The second kappa shape index (κ2) is 4.65. The SMILES string of the molecule is CCN(CC(C)=O)c1ccccc1. The molecule has 0 unspecified atom stereocenters. The van der Waals surface area contributed by atoms with E-state index in [-0.39, 0.29) is 5.78 Å². The third kappa shape index (κ3) is 2.90. The van der Waals surface area contributed by atoms with Crippen molar-refractivity contribution in [3.63, 3.8) is 0 Å². The fraction of sp³-hybridized carbons (Fsp3) is 0.364. The first-order valence-electron chi connectivity index (χ1n) is 4.53. The highest BCUT2D eigenvalue weighted by atomic mass is 16.1. The van der Waals surface area contributed by atoms with E-state index >= 15 is 0 Å². The topological polar surface area (TPSA) is 20.3 Å². The minimum absolute atomic E-state index is 0.200. The molecule has 2 heteroatoms. The monoisotopic (exact) mass is 177 g/mol. The molecule has 1 aromatic carbocycles. The molecule has 0 fully saturated rings. The molecule has 0 bridgehead atoms. The van der Waals surface area contributed by atoms with Crippen molar-refractivity contribution in [3.8, 4) is 0 Å². The number of ketones is 1. The van der Waals surface area contributed by atoms with Crippen molar-refractivity contribution in [2.45, 2.75) is 13.8 Å². The maximum atomic E-state index is 10.9. The van der Waals surface area contributed by atoms with E-state index in [9.17, 15) is 4.79 Å². The molecule has 1 aromatic rings. The van der Waals surface area contributed by atoms with Crippen molar-refractivity contribution in [2.75, 3.05) is 18.0 Å². The number of carbonyl (C=O) groups is 1. The number of likely N-dealkylation sites (N-methyl/N-ethyl adjacent to an activating group) is 1. The van der Waals surface area contributed by atoms with Crippen LogP contribution in [0.15, 0.2) is 30.3 Å². The first kappa shape index (κ1) is 9.78. The quantitative estimate of drug-likeness (QED) is 0.702. The van der Waals surface area contributed by atoms with Gasteiger partial charge in [-0.05, 0) is 26.0 Å². The molecule has 0 spiro atoms. The van der Waals surface area contributed by atoms with Crippen LogP contribution in [0.4, 0.5) is 5.69 Å². The first-order chi connectivity index (χ1) is 6.24. The number of nitrogens with zero attached hydrogens (tertiary/aromatic N) is 1. The zero-order valence-corrected chi connectivity index (χ0v) is 8.16. The number of carbonyl (C=O) groups excluding carboxylic acids is 1. The average molecular weight is 177 g/mol. The summed E-state index contributed by atoms with van der Waals surface area (Å²) in [6.45, 7) is 5.03. The van der Waals surface area contributed by atoms with Gasteiger partial charge in [0.2, 0.25) is 0 Å². The van der Waals surface area contributed by atoms with Crippen molar-refractivity contribution < 1.29 is 4.79 Å². The Kier molecular flexibility index (Phi) is 3.50. The average Bonchev–Trinajstić information content (AvgIpc) is 2.15. The minimum Gasteiger partial charge on any atom is -0.364 e. The molecular formula is C11H15NO. The van der Waals surface area contributed by atoms with Crippen LogP contribution in [0, 0.1) is 0 Å². The van der Waals surface area contributed by atoms with Gasteiger partial charge in [-0.15, -0.1) is 0 Å². The summed E-state index contributed by atoms with van der Waals surface area (Å²) in [7, 11) is 0. The molecule has 0 aliphatic rings. The highest BCUT2D eigenvalue weighted by molar-refractivity contribution is 5.80. The lowest BCUT2D eigenvalue weighted by Gasteiger charge is -2.21. The van der Waals surface area contributed by atoms with Crippen LogP contribution in [0.2, 0.25) is 0 Å². The van der Waals surface area contributed by atoms with Crippen LogP contribution in [0.1, 0.15) is 13.8 Å². The predicted octanol–water partition coefficient (Wildman–Crippen LogP) is 2.10. The van der Waals surface area contributed by atoms with Crippen LogP contribution < -0.4 is 4.90 Å². The van der Waals surface area contributed by atoms with Crippen LogP contribution in [0.3, 0.4) is 0 Å². The molecule has 0 aliphatic carbocycles. The zero-order chi connectivity index (χ0) is 9.68. The maximum Gasteiger partial charge on any atom is 0.149 e. The smallest absolute Gasteiger partial charge is 0.149 e. The largest absolute Gasteiger partial charge is 0.364 e. The maximum absolute atomic E-state index is 10.9. The van der Waals surface area contributed by atoms with Gasteiger partial charge in [-0.2, -0.15) is 0 Å². The molecular weight excluding hydrogens is 162 g/mol. The lowest BCUT2D eigenvalue weighted by atomic mass is 10.2. The molecule has 0 N–H and O–H groups in total. The molecule has 0 amide bonds. The Labute approximate surface area is 79.2 Å². The summed E-state index contributed by atoms with van der Waals surface area (Å²) >= 11 is 0. The van der Waals surface area contributed by atoms with Gasteiger partial charge in [-0.1, -0.05) is 18.2 Å². The Bertz CT molecular complexity index is 269. The molecule has 0 saturated carbocycles. The first-order valence-corrected chi connectivity index (χ1v) is 4.53. The zero-order valence-electron chi connectivity index (χ0n) is 8.16. The van der Waals surface area contributed by atoms with E-state index < -0.39 is 0 Å². The van der Waals surface area contributed by atoms with E-state index in [0.29, 0.717) is 6.54 Å². The molecule has 0 heterocycles. The van der Waals surface area contributed by atoms with Gasteiger partial charge in [0.15, 0.2) is 0 Å². The third-order valence-corrected chi connectivity index (χ3v) is 1.92. The Balaban J connectivity index is 2.73. The van der Waals surface area contributed by atoms with Crippen molar-refractivity contribution in [3.05, 3.63) is 30.3 Å². The summed E-state index contributed by atoms with van der Waals surface area (Å²) in [5, 5.41) is 0. The Morgan fingerprint density at radius 2 is 1.92 bits per heavy atom. The van der Waals surface area contributed by atoms with Crippen LogP contribution in [-0.2, 0) is 4.79 Å². The molecule has 2 nitrogen and oxygen atoms in total. The minimum atomic E-state index is 0.200. The fourth-order valence-corrected chi connectivity index (χ4v) is 1.29. The van der Waals surface area contributed by atoms with Gasteiger partial charge < -0.3 is 4.90 Å². The Morgan fingerprint density at radius 1 is 1.31 bits per heavy atom. The van der Waals surface area contributed by atoms with E-state index in [0.717, 1.165) is 12.2 Å². The second-order valence-electron chi connectivity index (χ2n) is 3.05. The Hall–Kier alpha value is -1.31. The summed E-state index contributed by atoms with van der Waals surface area (Å²) in [6, 6.07) is 9.99. The number of hydrogen-bond donors (Lipinski definition) is 0. The molecule has 70 valence electrons. The van der Waals surface area contributed by atoms with Crippen molar-refractivity contribution in [2.24, 2.45) is 0 Å². The van der Waals surface area contributed by atoms with E-state index in [4.69, 9.17) is 0 Å². The van der Waals surface area contributed by atoms with Crippen molar-refractivity contribution in [1.29, 1.82) is 0 Å². The lowest BCUT2D eigenvalue weighted by molar-refractivity contribution is -0.115. The number of para-hydroxylation sites is 1. The van der Waals surface area contributed by atoms with Gasteiger partial charge in [0.25, 0.3) is 0 Å². The standard InChI is InChI=1S/C11H15NO/c1-3-12(9-10(2)13)11-7-5-4-6-8-11/h4-8H,3,9H2,1-2H3. The van der Waals surface area contributed by atoms with Gasteiger partial charge in [0.05, 0.1) is 6.54 Å². The highest BCUT2D eigenvalue weighted by Crippen LogP contribution is 2.11. The van der Waals surface area contributed by atoms with Crippen LogP contribution in [-0.4, -0.2) is 18.9 Å². The predicted molar refractivity (Wildman–Crippen MR) is 55.0 cm³/mol. The number of anilines is 1. The summed E-state index contributed by atoms with van der Waals surface area (Å²) in [5.74, 6) is 0.200. The molecule has 0 saturated heterocycles. The lowest BCUT2D eigenvalue weighted by Crippen LogP contribution is -2.28. The summed E-state index contributed by atoms with van der Waals surface area (Å²) < 4.78 is 0. The highest BCUT2D eigenvalue weighted by Gasteiger charge is 2.04. The molecule has 0 aromatic heterocycles. The molecule has 1 rings (SSSR count). The van der Waals surface area contributed by atoms with Crippen LogP contribution >= 0.6 is 0 Å². The Morgan fingerprint density at radius 3 is 2.38 bits per heavy atom. The number of hydrogen-bond acceptors (Lipinski definition) is 2. The van der Waals surface area contributed by atoms with Gasteiger partial charge in [0.1, 0.15) is 5.78 Å². The molecule has 13 heavy (non-hydrogen) atoms. The van der Waals surface area contributed by atoms with E-state index in [2.05, 4.69) is 11.8 Å². The molecule has 0 aliphatic heterocycles. The number of benzene rings is 1. The summed E-state index contributed by atoms with van der Waals surface area (Å²) in [6.07, 6.45) is 0. The van der Waals surface area contributed by atoms with Crippen molar-refractivity contribution >= 4 is 11.5 Å². The van der Waals surface area contributed by atoms with E-state index in [1.165, 1.54) is 0 Å². The summed E-state index contributed by atoms with van der Waals surface area (Å²) in [4.78, 5) is 13.0. The van der Waals surface area contributed by atoms with Gasteiger partial charge in [-0.25, -0.2) is 0 Å². The van der Waals surface area contributed by atoms with Crippen LogP contribution in [0.25, 0.3) is 0 Å².